The third-order valence-corrected chi connectivity index (χ3v) is 5.58. The van der Waals surface area contributed by atoms with Crippen LogP contribution in [0.5, 0.6) is 0 Å². The third-order valence-electron chi connectivity index (χ3n) is 5.58. The van der Waals surface area contributed by atoms with Gasteiger partial charge in [0.1, 0.15) is 11.8 Å². The molecule has 0 saturated carbocycles. The van der Waals surface area contributed by atoms with Gasteiger partial charge < -0.3 is 9.84 Å². The van der Waals surface area contributed by atoms with Crippen LogP contribution in [0.2, 0.25) is 0 Å². The molecule has 0 aromatic heterocycles. The molecule has 1 atom stereocenters. The number of ether oxygens (including phenoxy) is 1. The predicted octanol–water partition coefficient (Wildman–Crippen LogP) is 3.80. The fourth-order valence-corrected chi connectivity index (χ4v) is 4.06. The molecule has 3 fully saturated rings. The van der Waals surface area contributed by atoms with Crippen LogP contribution in [0, 0.1) is 5.92 Å². The van der Waals surface area contributed by atoms with Crippen LogP contribution in [-0.2, 0) is 10.3 Å². The van der Waals surface area contributed by atoms with E-state index in [0.29, 0.717) is 0 Å². The molecule has 0 spiro atoms. The Morgan fingerprint density at radius 2 is 1.44 bits per heavy atom. The average molecular weight is 360 g/mol. The van der Waals surface area contributed by atoms with Crippen LogP contribution in [0.4, 0.5) is 0 Å². The van der Waals surface area contributed by atoms with Gasteiger partial charge in [-0.1, -0.05) is 60.7 Å². The molecule has 3 heterocycles. The lowest BCUT2D eigenvalue weighted by molar-refractivity contribution is -0.151. The quantitative estimate of drug-likeness (QED) is 0.881. The molecule has 3 nitrogen and oxygen atoms in total. The molecule has 1 unspecified atom stereocenters. The van der Waals surface area contributed by atoms with Gasteiger partial charge in [-0.3, -0.25) is 4.90 Å². The molecule has 2 bridgehead atoms. The maximum atomic E-state index is 11.5. The zero-order valence-electron chi connectivity index (χ0n) is 14.4. The molecule has 0 amide bonds. The van der Waals surface area contributed by atoms with E-state index < -0.39 is 5.60 Å². The second-order valence-electron chi connectivity index (χ2n) is 7.07. The fraction of sp³-hybridized carbons (Fsp3) is 0.429. The smallest absolute Gasteiger partial charge is 0.138 e. The first-order chi connectivity index (χ1) is 11.8. The SMILES string of the molecule is Cl.OC(COC1CC2CCN1CC2)(c1ccccc1)c1ccccc1. The monoisotopic (exact) mass is 359 g/mol. The van der Waals surface area contributed by atoms with E-state index in [4.69, 9.17) is 4.74 Å². The summed E-state index contributed by atoms with van der Waals surface area (Å²) in [5, 5.41) is 11.5. The molecule has 5 rings (SSSR count). The molecule has 0 aliphatic carbocycles. The van der Waals surface area contributed by atoms with Crippen LogP contribution in [0.15, 0.2) is 60.7 Å². The maximum Gasteiger partial charge on any atom is 0.138 e. The molecule has 2 aromatic carbocycles. The molecule has 134 valence electrons. The number of nitrogens with zero attached hydrogens (tertiary/aromatic N) is 1. The summed E-state index contributed by atoms with van der Waals surface area (Å²) in [7, 11) is 0. The maximum absolute atomic E-state index is 11.5. The minimum Gasteiger partial charge on any atom is -0.378 e. The van der Waals surface area contributed by atoms with Crippen molar-refractivity contribution >= 4 is 12.4 Å². The highest BCUT2D eigenvalue weighted by atomic mass is 35.5. The van der Waals surface area contributed by atoms with E-state index >= 15 is 0 Å². The first-order valence-corrected chi connectivity index (χ1v) is 8.95. The van der Waals surface area contributed by atoms with Crippen molar-refractivity contribution < 1.29 is 9.84 Å². The van der Waals surface area contributed by atoms with Crippen molar-refractivity contribution in [2.45, 2.75) is 31.1 Å². The summed E-state index contributed by atoms with van der Waals surface area (Å²) in [6.45, 7) is 2.55. The fourth-order valence-electron chi connectivity index (χ4n) is 4.06. The molecule has 3 saturated heterocycles. The highest BCUT2D eigenvalue weighted by Gasteiger charge is 2.38. The van der Waals surface area contributed by atoms with E-state index in [1.807, 2.05) is 60.7 Å². The van der Waals surface area contributed by atoms with Gasteiger partial charge in [0.05, 0.1) is 6.61 Å². The van der Waals surface area contributed by atoms with Gasteiger partial charge in [-0.25, -0.2) is 0 Å². The number of hydrogen-bond acceptors (Lipinski definition) is 3. The van der Waals surface area contributed by atoms with Gasteiger partial charge in [0, 0.05) is 13.1 Å². The molecule has 3 aliphatic heterocycles. The number of fused-ring (bicyclic) bond motifs is 3. The Bertz CT molecular complexity index is 617. The highest BCUT2D eigenvalue weighted by Crippen LogP contribution is 2.35. The van der Waals surface area contributed by atoms with Gasteiger partial charge in [0.25, 0.3) is 0 Å². The largest absolute Gasteiger partial charge is 0.378 e. The van der Waals surface area contributed by atoms with Gasteiger partial charge in [-0.05, 0) is 36.3 Å². The summed E-state index contributed by atoms with van der Waals surface area (Å²) >= 11 is 0. The molecular formula is C21H26ClNO2. The first kappa shape index (κ1) is 18.4. The zero-order valence-corrected chi connectivity index (χ0v) is 15.2. The lowest BCUT2D eigenvalue weighted by Gasteiger charge is -2.45. The molecule has 25 heavy (non-hydrogen) atoms. The third kappa shape index (κ3) is 3.75. The van der Waals surface area contributed by atoms with E-state index in [1.165, 1.54) is 12.8 Å². The van der Waals surface area contributed by atoms with Gasteiger partial charge >= 0.3 is 0 Å². The number of aliphatic hydroxyl groups is 1. The molecule has 4 heteroatoms. The van der Waals surface area contributed by atoms with Crippen molar-refractivity contribution in [2.24, 2.45) is 5.92 Å². The highest BCUT2D eigenvalue weighted by molar-refractivity contribution is 5.85. The Kier molecular flexibility index (Phi) is 5.80. The Morgan fingerprint density at radius 3 is 1.88 bits per heavy atom. The second-order valence-corrected chi connectivity index (χ2v) is 7.07. The predicted molar refractivity (Wildman–Crippen MR) is 102 cm³/mol. The Hall–Kier alpha value is -1.39. The standard InChI is InChI=1S/C21H25NO2.ClH/c23-21(18-7-3-1-4-8-18,19-9-5-2-6-10-19)16-24-20-15-17-11-13-22(20)14-12-17;/h1-10,17,20,23H,11-16H2;1H. The molecule has 2 aromatic rings. The molecular weight excluding hydrogens is 334 g/mol. The minimum atomic E-state index is -1.11. The lowest BCUT2D eigenvalue weighted by atomic mass is 9.86. The van der Waals surface area contributed by atoms with E-state index in [1.54, 1.807) is 0 Å². The van der Waals surface area contributed by atoms with Crippen LogP contribution in [0.1, 0.15) is 30.4 Å². The number of hydrogen-bond donors (Lipinski definition) is 1. The summed E-state index contributed by atoms with van der Waals surface area (Å²) in [4.78, 5) is 2.43. The normalized spacial score (nSPS) is 25.4. The number of benzene rings is 2. The first-order valence-electron chi connectivity index (χ1n) is 8.95. The number of piperidine rings is 3. The number of halogens is 1. The average Bonchev–Trinajstić information content (AvgIpc) is 2.68. The van der Waals surface area contributed by atoms with E-state index in [9.17, 15) is 5.11 Å². The summed E-state index contributed by atoms with van der Waals surface area (Å²) in [6.07, 6.45) is 3.83. The van der Waals surface area contributed by atoms with E-state index in [2.05, 4.69) is 4.90 Å². The van der Waals surface area contributed by atoms with Crippen LogP contribution >= 0.6 is 12.4 Å². The molecule has 3 aliphatic rings. The van der Waals surface area contributed by atoms with Crippen LogP contribution < -0.4 is 0 Å². The van der Waals surface area contributed by atoms with Crippen LogP contribution in [-0.4, -0.2) is 35.9 Å². The van der Waals surface area contributed by atoms with Gasteiger partial charge in [-0.2, -0.15) is 0 Å². The van der Waals surface area contributed by atoms with Crippen molar-refractivity contribution in [1.29, 1.82) is 0 Å². The zero-order chi connectivity index (χ0) is 16.4. The van der Waals surface area contributed by atoms with Crippen LogP contribution in [0.3, 0.4) is 0 Å². The topological polar surface area (TPSA) is 32.7 Å². The van der Waals surface area contributed by atoms with Crippen molar-refractivity contribution in [3.63, 3.8) is 0 Å². The van der Waals surface area contributed by atoms with Crippen LogP contribution in [0.25, 0.3) is 0 Å². The lowest BCUT2D eigenvalue weighted by Crippen LogP contribution is -2.51. The van der Waals surface area contributed by atoms with Crippen molar-refractivity contribution in [3.05, 3.63) is 71.8 Å². The van der Waals surface area contributed by atoms with Crippen molar-refractivity contribution in [3.8, 4) is 0 Å². The van der Waals surface area contributed by atoms with E-state index in [-0.39, 0.29) is 25.2 Å². The van der Waals surface area contributed by atoms with Gasteiger partial charge in [0.15, 0.2) is 0 Å². The van der Waals surface area contributed by atoms with Gasteiger partial charge in [-0.15, -0.1) is 12.4 Å². The summed E-state index contributed by atoms with van der Waals surface area (Å²) < 4.78 is 6.27. The number of rotatable bonds is 5. The Morgan fingerprint density at radius 1 is 0.920 bits per heavy atom. The second kappa shape index (κ2) is 7.88. The van der Waals surface area contributed by atoms with Crippen molar-refractivity contribution in [1.82, 2.24) is 4.90 Å². The van der Waals surface area contributed by atoms with Crippen molar-refractivity contribution in [2.75, 3.05) is 19.7 Å². The van der Waals surface area contributed by atoms with Gasteiger partial charge in [0.2, 0.25) is 0 Å². The van der Waals surface area contributed by atoms with E-state index in [0.717, 1.165) is 36.6 Å². The summed E-state index contributed by atoms with van der Waals surface area (Å²) in [5.74, 6) is 0.793. The summed E-state index contributed by atoms with van der Waals surface area (Å²) in [6, 6.07) is 19.7. The molecule has 1 N–H and O–H groups in total. The minimum absolute atomic E-state index is 0. The molecule has 0 radical (unpaired) electrons. The summed E-state index contributed by atoms with van der Waals surface area (Å²) in [5.41, 5.74) is 0.652. The Labute approximate surface area is 156 Å². The Balaban J connectivity index is 0.00000182.